The standard InChI is InChI=1S/C12H13NO.ClH/c1-8(13)9-6-7-12(14)11-5-3-2-4-10(9)11;/h2-8,14H,13H2,1H3;1H/t8-;/m1./s1. The number of rotatable bonds is 1. The Kier molecular flexibility index (Phi) is 3.56. The summed E-state index contributed by atoms with van der Waals surface area (Å²) in [6.07, 6.45) is 0. The fourth-order valence-corrected chi connectivity index (χ4v) is 1.70. The molecule has 1 atom stereocenters. The summed E-state index contributed by atoms with van der Waals surface area (Å²) < 4.78 is 0. The second-order valence-corrected chi connectivity index (χ2v) is 3.51. The molecule has 80 valence electrons. The fourth-order valence-electron chi connectivity index (χ4n) is 1.70. The maximum Gasteiger partial charge on any atom is 0.123 e. The van der Waals surface area contributed by atoms with Crippen LogP contribution in [0.3, 0.4) is 0 Å². The minimum absolute atomic E-state index is 0. The van der Waals surface area contributed by atoms with E-state index >= 15 is 0 Å². The predicted octanol–water partition coefficient (Wildman–Crippen LogP) is 2.99. The Hall–Kier alpha value is -1.25. The van der Waals surface area contributed by atoms with E-state index in [4.69, 9.17) is 5.73 Å². The van der Waals surface area contributed by atoms with E-state index in [2.05, 4.69) is 0 Å². The number of halogens is 1. The van der Waals surface area contributed by atoms with Gasteiger partial charge in [0.15, 0.2) is 0 Å². The third-order valence-corrected chi connectivity index (χ3v) is 2.43. The zero-order chi connectivity index (χ0) is 10.1. The first-order valence-electron chi connectivity index (χ1n) is 4.66. The third kappa shape index (κ3) is 2.06. The lowest BCUT2D eigenvalue weighted by Gasteiger charge is -2.10. The molecule has 2 nitrogen and oxygen atoms in total. The molecule has 0 saturated heterocycles. The minimum atomic E-state index is -0.0134. The van der Waals surface area contributed by atoms with Crippen LogP contribution in [0.25, 0.3) is 10.8 Å². The summed E-state index contributed by atoms with van der Waals surface area (Å²) in [5.74, 6) is 0.310. The SMILES string of the molecule is C[C@@H](N)c1ccc(O)c2ccccc12.Cl. The average molecular weight is 224 g/mol. The van der Waals surface area contributed by atoms with Gasteiger partial charge in [0.25, 0.3) is 0 Å². The van der Waals surface area contributed by atoms with Gasteiger partial charge in [-0.15, -0.1) is 12.4 Å². The van der Waals surface area contributed by atoms with Crippen LogP contribution in [0.2, 0.25) is 0 Å². The largest absolute Gasteiger partial charge is 0.507 e. The summed E-state index contributed by atoms with van der Waals surface area (Å²) in [5, 5.41) is 11.5. The highest BCUT2D eigenvalue weighted by Crippen LogP contribution is 2.29. The lowest BCUT2D eigenvalue weighted by atomic mass is 9.99. The molecule has 0 spiro atoms. The molecule has 0 saturated carbocycles. The van der Waals surface area contributed by atoms with Crippen LogP contribution >= 0.6 is 12.4 Å². The molecule has 0 fully saturated rings. The summed E-state index contributed by atoms with van der Waals surface area (Å²) >= 11 is 0. The molecule has 0 unspecified atom stereocenters. The molecule has 0 bridgehead atoms. The number of hydrogen-bond donors (Lipinski definition) is 2. The Balaban J connectivity index is 0.00000112. The molecule has 0 radical (unpaired) electrons. The average Bonchev–Trinajstić information content (AvgIpc) is 2.18. The lowest BCUT2D eigenvalue weighted by molar-refractivity contribution is 0.481. The topological polar surface area (TPSA) is 46.2 Å². The van der Waals surface area contributed by atoms with Crippen molar-refractivity contribution < 1.29 is 5.11 Å². The first kappa shape index (κ1) is 11.8. The van der Waals surface area contributed by atoms with Crippen molar-refractivity contribution in [3.05, 3.63) is 42.0 Å². The maximum atomic E-state index is 9.64. The zero-order valence-corrected chi connectivity index (χ0v) is 9.29. The number of benzene rings is 2. The molecule has 2 rings (SSSR count). The van der Waals surface area contributed by atoms with Gasteiger partial charge in [-0.1, -0.05) is 30.3 Å². The zero-order valence-electron chi connectivity index (χ0n) is 8.47. The molecule has 2 aromatic rings. The molecular weight excluding hydrogens is 210 g/mol. The van der Waals surface area contributed by atoms with E-state index in [0.29, 0.717) is 5.75 Å². The number of phenolic OH excluding ortho intramolecular Hbond substituents is 1. The molecule has 15 heavy (non-hydrogen) atoms. The normalized spacial score (nSPS) is 12.1. The van der Waals surface area contributed by atoms with Crippen molar-refractivity contribution in [2.45, 2.75) is 13.0 Å². The second-order valence-electron chi connectivity index (χ2n) is 3.51. The monoisotopic (exact) mass is 223 g/mol. The van der Waals surface area contributed by atoms with Gasteiger partial charge in [0.05, 0.1) is 0 Å². The fraction of sp³-hybridized carbons (Fsp3) is 0.167. The summed E-state index contributed by atoms with van der Waals surface area (Å²) in [6, 6.07) is 11.3. The van der Waals surface area contributed by atoms with Crippen LogP contribution in [0.4, 0.5) is 0 Å². The van der Waals surface area contributed by atoms with E-state index in [1.807, 2.05) is 37.3 Å². The van der Waals surface area contributed by atoms with Crippen LogP contribution in [0.1, 0.15) is 18.5 Å². The van der Waals surface area contributed by atoms with Crippen molar-refractivity contribution in [2.75, 3.05) is 0 Å². The van der Waals surface area contributed by atoms with Gasteiger partial charge in [0.2, 0.25) is 0 Å². The van der Waals surface area contributed by atoms with Gasteiger partial charge >= 0.3 is 0 Å². The van der Waals surface area contributed by atoms with Crippen molar-refractivity contribution in [1.29, 1.82) is 0 Å². The van der Waals surface area contributed by atoms with Crippen LogP contribution in [0.5, 0.6) is 5.75 Å². The Bertz CT molecular complexity index is 468. The van der Waals surface area contributed by atoms with Crippen molar-refractivity contribution in [3.8, 4) is 5.75 Å². The van der Waals surface area contributed by atoms with E-state index in [9.17, 15) is 5.11 Å². The Morgan fingerprint density at radius 2 is 1.67 bits per heavy atom. The molecule has 0 heterocycles. The molecule has 0 aliphatic heterocycles. The van der Waals surface area contributed by atoms with Gasteiger partial charge in [0, 0.05) is 11.4 Å². The smallest absolute Gasteiger partial charge is 0.123 e. The molecule has 3 heteroatoms. The quantitative estimate of drug-likeness (QED) is 0.781. The Morgan fingerprint density at radius 3 is 2.27 bits per heavy atom. The van der Waals surface area contributed by atoms with Crippen LogP contribution < -0.4 is 5.73 Å². The molecule has 0 aliphatic carbocycles. The molecular formula is C12H14ClNO. The second kappa shape index (κ2) is 4.51. The molecule has 0 amide bonds. The van der Waals surface area contributed by atoms with Gasteiger partial charge in [-0.25, -0.2) is 0 Å². The van der Waals surface area contributed by atoms with Crippen molar-refractivity contribution in [1.82, 2.24) is 0 Å². The molecule has 3 N–H and O–H groups in total. The van der Waals surface area contributed by atoms with E-state index < -0.39 is 0 Å². The highest BCUT2D eigenvalue weighted by atomic mass is 35.5. The van der Waals surface area contributed by atoms with Crippen LogP contribution in [0.15, 0.2) is 36.4 Å². The number of aromatic hydroxyl groups is 1. The van der Waals surface area contributed by atoms with E-state index in [1.165, 1.54) is 0 Å². The molecule has 0 aromatic heterocycles. The Labute approximate surface area is 95.1 Å². The highest BCUT2D eigenvalue weighted by Gasteiger charge is 2.06. The maximum absolute atomic E-state index is 9.64. The molecule has 0 aliphatic rings. The van der Waals surface area contributed by atoms with E-state index in [-0.39, 0.29) is 18.4 Å². The van der Waals surface area contributed by atoms with Crippen molar-refractivity contribution in [2.24, 2.45) is 5.73 Å². The highest BCUT2D eigenvalue weighted by molar-refractivity contribution is 5.91. The van der Waals surface area contributed by atoms with Crippen molar-refractivity contribution in [3.63, 3.8) is 0 Å². The van der Waals surface area contributed by atoms with E-state index in [0.717, 1.165) is 16.3 Å². The number of fused-ring (bicyclic) bond motifs is 1. The van der Waals surface area contributed by atoms with Crippen LogP contribution in [-0.2, 0) is 0 Å². The predicted molar refractivity (Wildman–Crippen MR) is 65.5 cm³/mol. The van der Waals surface area contributed by atoms with Gasteiger partial charge < -0.3 is 10.8 Å². The Morgan fingerprint density at radius 1 is 1.07 bits per heavy atom. The van der Waals surface area contributed by atoms with Crippen molar-refractivity contribution >= 4 is 23.2 Å². The summed E-state index contributed by atoms with van der Waals surface area (Å²) in [4.78, 5) is 0. The summed E-state index contributed by atoms with van der Waals surface area (Å²) in [5.41, 5.74) is 6.92. The first-order chi connectivity index (χ1) is 6.70. The van der Waals surface area contributed by atoms with Crippen LogP contribution in [-0.4, -0.2) is 5.11 Å². The van der Waals surface area contributed by atoms with Gasteiger partial charge in [0.1, 0.15) is 5.75 Å². The van der Waals surface area contributed by atoms with Crippen LogP contribution in [0, 0.1) is 0 Å². The third-order valence-electron chi connectivity index (χ3n) is 2.43. The number of hydrogen-bond acceptors (Lipinski definition) is 2. The lowest BCUT2D eigenvalue weighted by Crippen LogP contribution is -2.05. The number of phenols is 1. The minimum Gasteiger partial charge on any atom is -0.507 e. The first-order valence-corrected chi connectivity index (χ1v) is 4.66. The van der Waals surface area contributed by atoms with E-state index in [1.54, 1.807) is 6.07 Å². The summed E-state index contributed by atoms with van der Waals surface area (Å²) in [7, 11) is 0. The van der Waals surface area contributed by atoms with Gasteiger partial charge in [-0.05, 0) is 23.9 Å². The summed E-state index contributed by atoms with van der Waals surface area (Å²) in [6.45, 7) is 1.94. The van der Waals surface area contributed by atoms with Gasteiger partial charge in [-0.2, -0.15) is 0 Å². The van der Waals surface area contributed by atoms with Gasteiger partial charge in [-0.3, -0.25) is 0 Å². The number of nitrogens with two attached hydrogens (primary N) is 1. The molecule has 2 aromatic carbocycles.